The van der Waals surface area contributed by atoms with Crippen LogP contribution in [0.1, 0.15) is 18.2 Å². The molecule has 3 nitrogen and oxygen atoms in total. The second kappa shape index (κ2) is 4.24. The van der Waals surface area contributed by atoms with Gasteiger partial charge in [0.25, 0.3) is 0 Å². The average molecular weight is 231 g/mol. The first-order valence-corrected chi connectivity index (χ1v) is 5.77. The van der Waals surface area contributed by atoms with Crippen molar-refractivity contribution in [2.24, 2.45) is 13.0 Å². The summed E-state index contributed by atoms with van der Waals surface area (Å²) in [5.74, 6) is -1.08. The second-order valence-electron chi connectivity index (χ2n) is 4.68. The van der Waals surface area contributed by atoms with Crippen molar-refractivity contribution < 1.29 is 9.90 Å². The smallest absolute Gasteiger partial charge is 0.306 e. The van der Waals surface area contributed by atoms with E-state index >= 15 is 0 Å². The van der Waals surface area contributed by atoms with Crippen LogP contribution < -0.4 is 0 Å². The molecule has 0 aliphatic carbocycles. The van der Waals surface area contributed by atoms with Gasteiger partial charge in [-0.25, -0.2) is 0 Å². The number of rotatable bonds is 3. The third kappa shape index (κ3) is 2.18. The summed E-state index contributed by atoms with van der Waals surface area (Å²) < 4.78 is 2.13. The van der Waals surface area contributed by atoms with Crippen LogP contribution in [0.3, 0.4) is 0 Å². The monoisotopic (exact) mass is 231 g/mol. The van der Waals surface area contributed by atoms with Gasteiger partial charge in [-0.2, -0.15) is 0 Å². The Morgan fingerprint density at radius 1 is 1.41 bits per heavy atom. The van der Waals surface area contributed by atoms with Crippen LogP contribution in [0.2, 0.25) is 0 Å². The summed E-state index contributed by atoms with van der Waals surface area (Å²) in [6, 6.07) is 8.30. The zero-order valence-electron chi connectivity index (χ0n) is 10.4. The highest BCUT2D eigenvalue weighted by atomic mass is 16.4. The molecule has 1 heterocycles. The van der Waals surface area contributed by atoms with E-state index in [-0.39, 0.29) is 5.92 Å². The SMILES string of the molecule is Cc1cc2ccc(CC(C)C(=O)O)cc2n1C. The Hall–Kier alpha value is -1.77. The van der Waals surface area contributed by atoms with E-state index in [0.29, 0.717) is 6.42 Å². The molecule has 17 heavy (non-hydrogen) atoms. The number of nitrogens with zero attached hydrogens (tertiary/aromatic N) is 1. The molecule has 2 aromatic rings. The van der Waals surface area contributed by atoms with Crippen LogP contribution in [-0.4, -0.2) is 15.6 Å². The summed E-state index contributed by atoms with van der Waals surface area (Å²) in [7, 11) is 2.03. The van der Waals surface area contributed by atoms with Gasteiger partial charge in [-0.3, -0.25) is 4.79 Å². The van der Waals surface area contributed by atoms with Gasteiger partial charge in [0.05, 0.1) is 5.92 Å². The maximum atomic E-state index is 10.8. The van der Waals surface area contributed by atoms with Gasteiger partial charge in [-0.05, 0) is 36.4 Å². The molecule has 0 fully saturated rings. The van der Waals surface area contributed by atoms with Gasteiger partial charge in [-0.1, -0.05) is 19.1 Å². The molecule has 1 unspecified atom stereocenters. The highest BCUT2D eigenvalue weighted by molar-refractivity contribution is 5.82. The molecule has 1 aromatic carbocycles. The number of aliphatic carboxylic acids is 1. The van der Waals surface area contributed by atoms with E-state index < -0.39 is 5.97 Å². The van der Waals surface area contributed by atoms with Crippen molar-refractivity contribution >= 4 is 16.9 Å². The molecule has 1 atom stereocenters. The third-order valence-corrected chi connectivity index (χ3v) is 3.31. The van der Waals surface area contributed by atoms with Gasteiger partial charge in [0.2, 0.25) is 0 Å². The van der Waals surface area contributed by atoms with Crippen molar-refractivity contribution in [3.63, 3.8) is 0 Å². The molecule has 0 saturated carbocycles. The molecule has 0 aliphatic heterocycles. The van der Waals surface area contributed by atoms with E-state index in [9.17, 15) is 4.79 Å². The fourth-order valence-electron chi connectivity index (χ4n) is 2.08. The fourth-order valence-corrected chi connectivity index (χ4v) is 2.08. The minimum Gasteiger partial charge on any atom is -0.481 e. The number of carbonyl (C=O) groups is 1. The molecular weight excluding hydrogens is 214 g/mol. The summed E-state index contributed by atoms with van der Waals surface area (Å²) in [6.45, 7) is 3.81. The van der Waals surface area contributed by atoms with Crippen LogP contribution in [0, 0.1) is 12.8 Å². The van der Waals surface area contributed by atoms with Crippen molar-refractivity contribution in [1.29, 1.82) is 0 Å². The number of aryl methyl sites for hydroxylation is 2. The Morgan fingerprint density at radius 2 is 2.12 bits per heavy atom. The molecule has 0 spiro atoms. The topological polar surface area (TPSA) is 42.2 Å². The molecular formula is C14H17NO2. The number of aromatic nitrogens is 1. The lowest BCUT2D eigenvalue weighted by atomic mass is 10.0. The van der Waals surface area contributed by atoms with Crippen LogP contribution in [0.25, 0.3) is 10.9 Å². The van der Waals surface area contributed by atoms with E-state index in [0.717, 1.165) is 11.1 Å². The molecule has 3 heteroatoms. The van der Waals surface area contributed by atoms with Gasteiger partial charge in [-0.15, -0.1) is 0 Å². The summed E-state index contributed by atoms with van der Waals surface area (Å²) >= 11 is 0. The van der Waals surface area contributed by atoms with Crippen molar-refractivity contribution in [2.75, 3.05) is 0 Å². The van der Waals surface area contributed by atoms with E-state index in [1.165, 1.54) is 11.1 Å². The molecule has 2 rings (SSSR count). The first-order chi connectivity index (χ1) is 7.99. The third-order valence-electron chi connectivity index (χ3n) is 3.31. The first kappa shape index (κ1) is 11.7. The Morgan fingerprint density at radius 3 is 2.76 bits per heavy atom. The molecule has 0 saturated heterocycles. The van der Waals surface area contributed by atoms with Gasteiger partial charge >= 0.3 is 5.97 Å². The molecule has 1 N–H and O–H groups in total. The van der Waals surface area contributed by atoms with E-state index in [2.05, 4.69) is 29.7 Å². The molecule has 0 radical (unpaired) electrons. The second-order valence-corrected chi connectivity index (χ2v) is 4.68. The standard InChI is InChI=1S/C14H17NO2/c1-9(14(16)17)6-11-4-5-12-7-10(2)15(3)13(12)8-11/h4-5,7-9H,6H2,1-3H3,(H,16,17). The van der Waals surface area contributed by atoms with Gasteiger partial charge in [0, 0.05) is 18.3 Å². The fraction of sp³-hybridized carbons (Fsp3) is 0.357. The molecule has 0 bridgehead atoms. The van der Waals surface area contributed by atoms with Gasteiger partial charge in [0.15, 0.2) is 0 Å². The molecule has 0 amide bonds. The summed E-state index contributed by atoms with van der Waals surface area (Å²) in [5, 5.41) is 10.1. The van der Waals surface area contributed by atoms with E-state index in [1.807, 2.05) is 13.1 Å². The van der Waals surface area contributed by atoms with Crippen molar-refractivity contribution in [1.82, 2.24) is 4.57 Å². The molecule has 90 valence electrons. The minimum atomic E-state index is -0.742. The predicted octanol–water partition coefficient (Wildman–Crippen LogP) is 2.75. The van der Waals surface area contributed by atoms with Gasteiger partial charge in [0.1, 0.15) is 0 Å². The Kier molecular flexibility index (Phi) is 2.92. The summed E-state index contributed by atoms with van der Waals surface area (Å²) in [6.07, 6.45) is 0.579. The Balaban J connectivity index is 2.37. The minimum absolute atomic E-state index is 0.339. The van der Waals surface area contributed by atoms with Crippen molar-refractivity contribution in [3.05, 3.63) is 35.5 Å². The lowest BCUT2D eigenvalue weighted by Gasteiger charge is -2.07. The first-order valence-electron chi connectivity index (χ1n) is 5.77. The number of hydrogen-bond acceptors (Lipinski definition) is 1. The van der Waals surface area contributed by atoms with Crippen LogP contribution in [0.4, 0.5) is 0 Å². The van der Waals surface area contributed by atoms with Crippen LogP contribution in [-0.2, 0) is 18.3 Å². The maximum Gasteiger partial charge on any atom is 0.306 e. The largest absolute Gasteiger partial charge is 0.481 e. The zero-order chi connectivity index (χ0) is 12.6. The Bertz CT molecular complexity index is 569. The van der Waals surface area contributed by atoms with Crippen molar-refractivity contribution in [2.45, 2.75) is 20.3 Å². The van der Waals surface area contributed by atoms with Crippen molar-refractivity contribution in [3.8, 4) is 0 Å². The van der Waals surface area contributed by atoms with E-state index in [1.54, 1.807) is 6.92 Å². The molecule has 0 aliphatic rings. The highest BCUT2D eigenvalue weighted by Crippen LogP contribution is 2.21. The lowest BCUT2D eigenvalue weighted by Crippen LogP contribution is -2.12. The maximum absolute atomic E-state index is 10.8. The number of carboxylic acid groups (broad SMARTS) is 1. The number of hydrogen-bond donors (Lipinski definition) is 1. The number of benzene rings is 1. The highest BCUT2D eigenvalue weighted by Gasteiger charge is 2.12. The van der Waals surface area contributed by atoms with Crippen LogP contribution in [0.15, 0.2) is 24.3 Å². The van der Waals surface area contributed by atoms with E-state index in [4.69, 9.17) is 5.11 Å². The lowest BCUT2D eigenvalue weighted by molar-refractivity contribution is -0.141. The zero-order valence-corrected chi connectivity index (χ0v) is 10.4. The van der Waals surface area contributed by atoms with Gasteiger partial charge < -0.3 is 9.67 Å². The normalized spacial score (nSPS) is 12.9. The van der Waals surface area contributed by atoms with Crippen LogP contribution >= 0.6 is 0 Å². The summed E-state index contributed by atoms with van der Waals surface area (Å²) in [5.41, 5.74) is 3.45. The molecule has 1 aromatic heterocycles. The number of carboxylic acids is 1. The summed E-state index contributed by atoms with van der Waals surface area (Å²) in [4.78, 5) is 10.8. The quantitative estimate of drug-likeness (QED) is 0.882. The average Bonchev–Trinajstić information content (AvgIpc) is 2.55. The predicted molar refractivity (Wildman–Crippen MR) is 68.2 cm³/mol. The Labute approximate surface area is 101 Å². The number of fused-ring (bicyclic) bond motifs is 1. The van der Waals surface area contributed by atoms with Crippen LogP contribution in [0.5, 0.6) is 0 Å².